The third kappa shape index (κ3) is 3.65. The number of benzene rings is 2. The van der Waals surface area contributed by atoms with Crippen molar-refractivity contribution in [2.45, 2.75) is 13.5 Å². The molecule has 0 aliphatic rings. The standard InChI is InChI=1S/C16H17Cl2N/c1-13-15(18)8-5-9-16(13)19(11-10-17)12-14-6-3-2-4-7-14/h2-9H,10-12H2,1H3. The highest BCUT2D eigenvalue weighted by Gasteiger charge is 2.11. The molecule has 0 heterocycles. The van der Waals surface area contributed by atoms with E-state index in [1.807, 2.05) is 25.1 Å². The first kappa shape index (κ1) is 14.2. The average molecular weight is 294 g/mol. The summed E-state index contributed by atoms with van der Waals surface area (Å²) in [7, 11) is 0. The summed E-state index contributed by atoms with van der Waals surface area (Å²) in [5, 5.41) is 0.796. The van der Waals surface area contributed by atoms with E-state index in [9.17, 15) is 0 Å². The van der Waals surface area contributed by atoms with Crippen molar-refractivity contribution in [3.63, 3.8) is 0 Å². The molecule has 0 aromatic heterocycles. The molecule has 1 nitrogen and oxygen atoms in total. The fraction of sp³-hybridized carbons (Fsp3) is 0.250. The van der Waals surface area contributed by atoms with Crippen LogP contribution in [0, 0.1) is 6.92 Å². The van der Waals surface area contributed by atoms with E-state index in [4.69, 9.17) is 23.2 Å². The lowest BCUT2D eigenvalue weighted by Gasteiger charge is -2.26. The third-order valence-corrected chi connectivity index (χ3v) is 3.73. The summed E-state index contributed by atoms with van der Waals surface area (Å²) in [5.41, 5.74) is 3.52. The zero-order valence-electron chi connectivity index (χ0n) is 10.9. The molecule has 0 aliphatic carbocycles. The zero-order valence-corrected chi connectivity index (χ0v) is 12.5. The van der Waals surface area contributed by atoms with Crippen LogP contribution >= 0.6 is 23.2 Å². The Morgan fingerprint density at radius 2 is 1.74 bits per heavy atom. The van der Waals surface area contributed by atoms with Gasteiger partial charge in [0.15, 0.2) is 0 Å². The highest BCUT2D eigenvalue weighted by atomic mass is 35.5. The van der Waals surface area contributed by atoms with Gasteiger partial charge in [0.1, 0.15) is 0 Å². The summed E-state index contributed by atoms with van der Waals surface area (Å²) >= 11 is 12.1. The molecule has 0 bridgehead atoms. The largest absolute Gasteiger partial charge is 0.366 e. The molecular formula is C16H17Cl2N. The monoisotopic (exact) mass is 293 g/mol. The van der Waals surface area contributed by atoms with Crippen LogP contribution in [-0.4, -0.2) is 12.4 Å². The summed E-state index contributed by atoms with van der Waals surface area (Å²) in [4.78, 5) is 2.27. The summed E-state index contributed by atoms with van der Waals surface area (Å²) in [5.74, 6) is 0.596. The molecule has 0 saturated heterocycles. The van der Waals surface area contributed by atoms with Crippen LogP contribution in [0.4, 0.5) is 5.69 Å². The van der Waals surface area contributed by atoms with Gasteiger partial charge in [0, 0.05) is 29.7 Å². The van der Waals surface area contributed by atoms with Gasteiger partial charge in [-0.3, -0.25) is 0 Å². The Balaban J connectivity index is 2.27. The van der Waals surface area contributed by atoms with Crippen LogP contribution in [0.2, 0.25) is 5.02 Å². The second-order valence-corrected chi connectivity index (χ2v) is 5.27. The molecular weight excluding hydrogens is 277 g/mol. The Bertz CT molecular complexity index is 526. The summed E-state index contributed by atoms with van der Waals surface area (Å²) in [6.45, 7) is 3.69. The fourth-order valence-corrected chi connectivity index (χ4v) is 2.50. The maximum atomic E-state index is 6.20. The molecule has 100 valence electrons. The van der Waals surface area contributed by atoms with Crippen molar-refractivity contribution in [2.75, 3.05) is 17.3 Å². The Morgan fingerprint density at radius 3 is 2.42 bits per heavy atom. The van der Waals surface area contributed by atoms with Gasteiger partial charge in [-0.15, -0.1) is 11.6 Å². The van der Waals surface area contributed by atoms with Gasteiger partial charge in [-0.1, -0.05) is 48.0 Å². The molecule has 2 aromatic carbocycles. The molecule has 0 saturated carbocycles. The molecule has 3 heteroatoms. The number of alkyl halides is 1. The Labute approximate surface area is 124 Å². The van der Waals surface area contributed by atoms with Gasteiger partial charge in [0.05, 0.1) is 0 Å². The number of halogens is 2. The molecule has 0 unspecified atom stereocenters. The van der Waals surface area contributed by atoms with Crippen molar-refractivity contribution in [1.82, 2.24) is 0 Å². The van der Waals surface area contributed by atoms with Gasteiger partial charge >= 0.3 is 0 Å². The SMILES string of the molecule is Cc1c(Cl)cccc1N(CCCl)Cc1ccccc1. The van der Waals surface area contributed by atoms with Crippen LogP contribution in [0.25, 0.3) is 0 Å². The lowest BCUT2D eigenvalue weighted by atomic mass is 10.1. The van der Waals surface area contributed by atoms with Crippen molar-refractivity contribution >= 4 is 28.9 Å². The second kappa shape index (κ2) is 6.83. The second-order valence-electron chi connectivity index (χ2n) is 4.48. The predicted octanol–water partition coefficient (Wildman–Crippen LogP) is 4.89. The maximum Gasteiger partial charge on any atom is 0.0455 e. The number of nitrogens with zero attached hydrogens (tertiary/aromatic N) is 1. The van der Waals surface area contributed by atoms with Crippen molar-refractivity contribution in [1.29, 1.82) is 0 Å². The molecule has 0 atom stereocenters. The highest BCUT2D eigenvalue weighted by molar-refractivity contribution is 6.31. The van der Waals surface area contributed by atoms with E-state index in [1.54, 1.807) is 0 Å². The number of hydrogen-bond donors (Lipinski definition) is 0. The van der Waals surface area contributed by atoms with Crippen molar-refractivity contribution in [3.8, 4) is 0 Å². The van der Waals surface area contributed by atoms with E-state index < -0.39 is 0 Å². The lowest BCUT2D eigenvalue weighted by molar-refractivity contribution is 0.831. The van der Waals surface area contributed by atoms with Crippen molar-refractivity contribution < 1.29 is 0 Å². The van der Waals surface area contributed by atoms with Crippen LogP contribution in [0.3, 0.4) is 0 Å². The summed E-state index contributed by atoms with van der Waals surface area (Å²) in [6, 6.07) is 16.4. The summed E-state index contributed by atoms with van der Waals surface area (Å²) < 4.78 is 0. The first-order chi connectivity index (χ1) is 9.22. The smallest absolute Gasteiger partial charge is 0.0455 e. The molecule has 0 amide bonds. The zero-order chi connectivity index (χ0) is 13.7. The van der Waals surface area contributed by atoms with Crippen LogP contribution in [-0.2, 0) is 6.54 Å². The molecule has 0 fully saturated rings. The minimum atomic E-state index is 0.596. The van der Waals surface area contributed by atoms with E-state index in [2.05, 4.69) is 35.2 Å². The average Bonchev–Trinajstić information content (AvgIpc) is 2.43. The van der Waals surface area contributed by atoms with E-state index in [0.29, 0.717) is 5.88 Å². The van der Waals surface area contributed by atoms with Crippen molar-refractivity contribution in [2.24, 2.45) is 0 Å². The quantitative estimate of drug-likeness (QED) is 0.709. The van der Waals surface area contributed by atoms with Gasteiger partial charge in [0.25, 0.3) is 0 Å². The van der Waals surface area contributed by atoms with E-state index in [1.165, 1.54) is 5.56 Å². The van der Waals surface area contributed by atoms with Crippen LogP contribution in [0.15, 0.2) is 48.5 Å². The molecule has 19 heavy (non-hydrogen) atoms. The van der Waals surface area contributed by atoms with Gasteiger partial charge < -0.3 is 4.90 Å². The molecule has 0 spiro atoms. The first-order valence-corrected chi connectivity index (χ1v) is 7.23. The number of rotatable bonds is 5. The summed E-state index contributed by atoms with van der Waals surface area (Å²) in [6.07, 6.45) is 0. The predicted molar refractivity (Wildman–Crippen MR) is 84.4 cm³/mol. The first-order valence-electron chi connectivity index (χ1n) is 6.32. The van der Waals surface area contributed by atoms with Gasteiger partial charge in [0.2, 0.25) is 0 Å². The maximum absolute atomic E-state index is 6.20. The molecule has 2 rings (SSSR count). The fourth-order valence-electron chi connectivity index (χ4n) is 2.13. The van der Waals surface area contributed by atoms with Gasteiger partial charge in [-0.2, -0.15) is 0 Å². The number of hydrogen-bond acceptors (Lipinski definition) is 1. The van der Waals surface area contributed by atoms with E-state index >= 15 is 0 Å². The minimum absolute atomic E-state index is 0.596. The normalized spacial score (nSPS) is 10.5. The Kier molecular flexibility index (Phi) is 5.12. The molecule has 0 aliphatic heterocycles. The van der Waals surface area contributed by atoms with Crippen LogP contribution in [0.1, 0.15) is 11.1 Å². The van der Waals surface area contributed by atoms with E-state index in [-0.39, 0.29) is 0 Å². The third-order valence-electron chi connectivity index (χ3n) is 3.15. The van der Waals surface area contributed by atoms with Gasteiger partial charge in [-0.05, 0) is 30.2 Å². The van der Waals surface area contributed by atoms with E-state index in [0.717, 1.165) is 29.4 Å². The lowest BCUT2D eigenvalue weighted by Crippen LogP contribution is -2.25. The highest BCUT2D eigenvalue weighted by Crippen LogP contribution is 2.27. The molecule has 0 N–H and O–H groups in total. The van der Waals surface area contributed by atoms with Crippen molar-refractivity contribution in [3.05, 3.63) is 64.7 Å². The molecule has 2 aromatic rings. The van der Waals surface area contributed by atoms with Crippen LogP contribution < -0.4 is 4.90 Å². The Morgan fingerprint density at radius 1 is 1.00 bits per heavy atom. The topological polar surface area (TPSA) is 3.24 Å². The minimum Gasteiger partial charge on any atom is -0.366 e. The van der Waals surface area contributed by atoms with Crippen LogP contribution in [0.5, 0.6) is 0 Å². The molecule has 0 radical (unpaired) electrons. The van der Waals surface area contributed by atoms with Gasteiger partial charge in [-0.25, -0.2) is 0 Å². The number of anilines is 1. The Hall–Kier alpha value is -1.18.